The molecule has 5 heteroatoms. The molecule has 5 nitrogen and oxygen atoms in total. The van der Waals surface area contributed by atoms with Crippen molar-refractivity contribution in [1.29, 1.82) is 0 Å². The largest absolute Gasteiger partial charge is 0.381 e. The highest BCUT2D eigenvalue weighted by molar-refractivity contribution is 5.99. The number of ether oxygens (including phenoxy) is 2. The van der Waals surface area contributed by atoms with Crippen LogP contribution < -0.4 is 0 Å². The lowest BCUT2D eigenvalue weighted by Gasteiger charge is -2.35. The second-order valence-electron chi connectivity index (χ2n) is 4.41. The van der Waals surface area contributed by atoms with Crippen molar-refractivity contribution in [3.8, 4) is 0 Å². The van der Waals surface area contributed by atoms with Crippen LogP contribution in [0.3, 0.4) is 0 Å². The standard InChI is InChI=1S/C13H20N2O3/c1-3-15-8-7-14-12(15)11(16)13(18-4-2)5-9-17-10-6-13/h7-8H,3-6,9-10H2,1-2H3. The summed E-state index contributed by atoms with van der Waals surface area (Å²) in [7, 11) is 0. The molecule has 0 bridgehead atoms. The van der Waals surface area contributed by atoms with Crippen LogP contribution in [-0.4, -0.2) is 40.8 Å². The number of nitrogens with zero attached hydrogens (tertiary/aromatic N) is 2. The summed E-state index contributed by atoms with van der Waals surface area (Å²) in [4.78, 5) is 16.9. The zero-order valence-corrected chi connectivity index (χ0v) is 11.0. The van der Waals surface area contributed by atoms with Gasteiger partial charge in [-0.1, -0.05) is 0 Å². The number of aromatic nitrogens is 2. The molecule has 0 amide bonds. The summed E-state index contributed by atoms with van der Waals surface area (Å²) in [5.74, 6) is 0.479. The van der Waals surface area contributed by atoms with E-state index in [9.17, 15) is 4.79 Å². The van der Waals surface area contributed by atoms with Gasteiger partial charge in [-0.25, -0.2) is 4.98 Å². The van der Waals surface area contributed by atoms with E-state index in [4.69, 9.17) is 9.47 Å². The van der Waals surface area contributed by atoms with Crippen LogP contribution in [0.5, 0.6) is 0 Å². The third-order valence-electron chi connectivity index (χ3n) is 3.39. The highest BCUT2D eigenvalue weighted by Crippen LogP contribution is 2.29. The summed E-state index contributed by atoms with van der Waals surface area (Å²) in [6.45, 7) is 6.31. The first-order chi connectivity index (χ1) is 8.73. The summed E-state index contributed by atoms with van der Waals surface area (Å²) in [6.07, 6.45) is 4.70. The number of rotatable bonds is 5. The Morgan fingerprint density at radius 2 is 2.22 bits per heavy atom. The maximum absolute atomic E-state index is 12.7. The lowest BCUT2D eigenvalue weighted by Crippen LogP contribution is -2.47. The third kappa shape index (κ3) is 2.33. The fraction of sp³-hybridized carbons (Fsp3) is 0.692. The number of carbonyl (C=O) groups is 1. The van der Waals surface area contributed by atoms with E-state index in [1.807, 2.05) is 24.6 Å². The molecule has 18 heavy (non-hydrogen) atoms. The summed E-state index contributed by atoms with van der Waals surface area (Å²) in [6, 6.07) is 0. The van der Waals surface area contributed by atoms with Gasteiger partial charge in [0.1, 0.15) is 5.60 Å². The minimum absolute atomic E-state index is 0.0144. The van der Waals surface area contributed by atoms with E-state index >= 15 is 0 Å². The predicted octanol–water partition coefficient (Wildman–Crippen LogP) is 1.67. The van der Waals surface area contributed by atoms with Crippen molar-refractivity contribution in [3.63, 3.8) is 0 Å². The molecule has 2 heterocycles. The molecule has 1 aromatic heterocycles. The lowest BCUT2D eigenvalue weighted by molar-refractivity contribution is -0.0827. The molecular weight excluding hydrogens is 232 g/mol. The van der Waals surface area contributed by atoms with Gasteiger partial charge in [-0.3, -0.25) is 4.79 Å². The van der Waals surface area contributed by atoms with E-state index in [-0.39, 0.29) is 5.78 Å². The Balaban J connectivity index is 2.28. The number of hydrogen-bond donors (Lipinski definition) is 0. The fourth-order valence-electron chi connectivity index (χ4n) is 2.39. The summed E-state index contributed by atoms with van der Waals surface area (Å²) >= 11 is 0. The highest BCUT2D eigenvalue weighted by atomic mass is 16.5. The molecule has 0 N–H and O–H groups in total. The van der Waals surface area contributed by atoms with E-state index in [0.717, 1.165) is 6.54 Å². The van der Waals surface area contributed by atoms with E-state index in [1.165, 1.54) is 0 Å². The van der Waals surface area contributed by atoms with Gasteiger partial charge in [0.2, 0.25) is 5.78 Å². The molecule has 0 atom stereocenters. The third-order valence-corrected chi connectivity index (χ3v) is 3.39. The molecule has 1 saturated heterocycles. The molecule has 1 aromatic rings. The van der Waals surface area contributed by atoms with Gasteiger partial charge < -0.3 is 14.0 Å². The number of carbonyl (C=O) groups excluding carboxylic acids is 1. The second-order valence-corrected chi connectivity index (χ2v) is 4.41. The average molecular weight is 252 g/mol. The van der Waals surface area contributed by atoms with E-state index in [2.05, 4.69) is 4.98 Å². The Kier molecular flexibility index (Phi) is 4.14. The van der Waals surface area contributed by atoms with Crippen LogP contribution in [0.25, 0.3) is 0 Å². The number of Topliss-reactive ketones (excluding diaryl/α,β-unsaturated/α-hetero) is 1. The van der Waals surface area contributed by atoms with Crippen molar-refractivity contribution in [2.24, 2.45) is 0 Å². The lowest BCUT2D eigenvalue weighted by atomic mass is 9.88. The van der Waals surface area contributed by atoms with Gasteiger partial charge in [0, 0.05) is 51.6 Å². The topological polar surface area (TPSA) is 53.3 Å². The van der Waals surface area contributed by atoms with Gasteiger partial charge in [-0.15, -0.1) is 0 Å². The number of imidazole rings is 1. The molecule has 100 valence electrons. The first kappa shape index (κ1) is 13.2. The van der Waals surface area contributed by atoms with Gasteiger partial charge in [0.25, 0.3) is 0 Å². The van der Waals surface area contributed by atoms with E-state index in [0.29, 0.717) is 38.5 Å². The zero-order valence-electron chi connectivity index (χ0n) is 11.0. The van der Waals surface area contributed by atoms with Crippen LogP contribution in [0.15, 0.2) is 12.4 Å². The van der Waals surface area contributed by atoms with Crippen LogP contribution in [0.2, 0.25) is 0 Å². The highest BCUT2D eigenvalue weighted by Gasteiger charge is 2.43. The second kappa shape index (κ2) is 5.63. The normalized spacial score (nSPS) is 18.8. The zero-order chi connectivity index (χ0) is 13.0. The maximum atomic E-state index is 12.7. The fourth-order valence-corrected chi connectivity index (χ4v) is 2.39. The van der Waals surface area contributed by atoms with Crippen molar-refractivity contribution in [2.45, 2.75) is 38.8 Å². The maximum Gasteiger partial charge on any atom is 0.230 e. The molecular formula is C13H20N2O3. The SMILES string of the molecule is CCOC1(C(=O)c2nccn2CC)CCOCC1. The first-order valence-corrected chi connectivity index (χ1v) is 6.51. The molecule has 0 saturated carbocycles. The van der Waals surface area contributed by atoms with E-state index < -0.39 is 5.60 Å². The molecule has 0 radical (unpaired) electrons. The Morgan fingerprint density at radius 1 is 1.50 bits per heavy atom. The van der Waals surface area contributed by atoms with Crippen LogP contribution >= 0.6 is 0 Å². The summed E-state index contributed by atoms with van der Waals surface area (Å²) < 4.78 is 13.0. The van der Waals surface area contributed by atoms with Crippen LogP contribution in [0.4, 0.5) is 0 Å². The van der Waals surface area contributed by atoms with Crippen molar-refractivity contribution in [2.75, 3.05) is 19.8 Å². The van der Waals surface area contributed by atoms with Crippen LogP contribution in [0.1, 0.15) is 37.3 Å². The summed E-state index contributed by atoms with van der Waals surface area (Å²) in [5.41, 5.74) is -0.745. The molecule has 0 aliphatic carbocycles. The van der Waals surface area contributed by atoms with Gasteiger partial charge in [-0.05, 0) is 13.8 Å². The Bertz CT molecular complexity index is 403. The Morgan fingerprint density at radius 3 is 2.83 bits per heavy atom. The van der Waals surface area contributed by atoms with Crippen LogP contribution in [-0.2, 0) is 16.0 Å². The molecule has 2 rings (SSSR count). The van der Waals surface area contributed by atoms with Crippen LogP contribution in [0, 0.1) is 0 Å². The monoisotopic (exact) mass is 252 g/mol. The quantitative estimate of drug-likeness (QED) is 0.748. The molecule has 1 fully saturated rings. The van der Waals surface area contributed by atoms with E-state index in [1.54, 1.807) is 6.20 Å². The minimum atomic E-state index is -0.745. The van der Waals surface area contributed by atoms with Crippen molar-refractivity contribution >= 4 is 5.78 Å². The average Bonchev–Trinajstić information content (AvgIpc) is 2.87. The van der Waals surface area contributed by atoms with Gasteiger partial charge in [0.05, 0.1) is 0 Å². The van der Waals surface area contributed by atoms with Crippen molar-refractivity contribution in [1.82, 2.24) is 9.55 Å². The van der Waals surface area contributed by atoms with Gasteiger partial charge in [0.15, 0.2) is 5.82 Å². The van der Waals surface area contributed by atoms with Gasteiger partial charge >= 0.3 is 0 Å². The number of hydrogen-bond acceptors (Lipinski definition) is 4. The molecule has 1 aliphatic heterocycles. The smallest absolute Gasteiger partial charge is 0.230 e. The molecule has 0 aromatic carbocycles. The predicted molar refractivity (Wildman–Crippen MR) is 66.6 cm³/mol. The molecule has 0 unspecified atom stereocenters. The Labute approximate surface area is 107 Å². The van der Waals surface area contributed by atoms with Crippen molar-refractivity contribution < 1.29 is 14.3 Å². The summed E-state index contributed by atoms with van der Waals surface area (Å²) in [5, 5.41) is 0. The number of aryl methyl sites for hydroxylation is 1. The van der Waals surface area contributed by atoms with Gasteiger partial charge in [-0.2, -0.15) is 0 Å². The van der Waals surface area contributed by atoms with Crippen molar-refractivity contribution in [3.05, 3.63) is 18.2 Å². The minimum Gasteiger partial charge on any atom is -0.381 e. The first-order valence-electron chi connectivity index (χ1n) is 6.51. The molecule has 1 aliphatic rings. The number of ketones is 1. The Hall–Kier alpha value is -1.20. The molecule has 0 spiro atoms.